The Bertz CT molecular complexity index is 630. The molecule has 1 aromatic carbocycles. The number of rotatable bonds is 3. The van der Waals surface area contributed by atoms with Gasteiger partial charge in [0.1, 0.15) is 11.8 Å². The van der Waals surface area contributed by atoms with Gasteiger partial charge in [-0.25, -0.2) is 13.6 Å². The van der Waals surface area contributed by atoms with Crippen molar-refractivity contribution in [2.75, 3.05) is 23.0 Å². The zero-order valence-electron chi connectivity index (χ0n) is 13.3. The van der Waals surface area contributed by atoms with Crippen LogP contribution in [0.2, 0.25) is 0 Å². The van der Waals surface area contributed by atoms with Crippen LogP contribution < -0.4 is 9.80 Å². The molecule has 3 saturated heterocycles. The third kappa shape index (κ3) is 2.42. The molecule has 1 N–H and O–H groups in total. The van der Waals surface area contributed by atoms with Gasteiger partial charge in [0, 0.05) is 24.2 Å². The van der Waals surface area contributed by atoms with E-state index in [-0.39, 0.29) is 36.6 Å². The maximum atomic E-state index is 14.7. The highest BCUT2D eigenvalue weighted by Gasteiger charge is 2.40. The number of cyclic esters (lactones) is 1. The average Bonchev–Trinajstić information content (AvgIpc) is 3.03. The van der Waals surface area contributed by atoms with E-state index in [2.05, 4.69) is 0 Å². The quantitative estimate of drug-likeness (QED) is 0.921. The fraction of sp³-hybridized carbons (Fsp3) is 0.588. The summed E-state index contributed by atoms with van der Waals surface area (Å²) in [5.41, 5.74) is 0.149. The van der Waals surface area contributed by atoms with Crippen molar-refractivity contribution in [1.29, 1.82) is 0 Å². The van der Waals surface area contributed by atoms with Crippen molar-refractivity contribution in [2.45, 2.75) is 50.3 Å². The minimum atomic E-state index is -0.696. The molecule has 3 heterocycles. The Morgan fingerprint density at radius 3 is 2.29 bits per heavy atom. The van der Waals surface area contributed by atoms with Gasteiger partial charge in [-0.05, 0) is 32.1 Å². The summed E-state index contributed by atoms with van der Waals surface area (Å²) in [6.07, 6.45) is 3.63. The number of carbonyl (C=O) groups excluding carboxylic acids is 1. The van der Waals surface area contributed by atoms with Gasteiger partial charge >= 0.3 is 6.09 Å². The molecular weight excluding hydrogens is 318 g/mol. The number of benzene rings is 1. The zero-order valence-corrected chi connectivity index (χ0v) is 13.3. The first-order valence-electron chi connectivity index (χ1n) is 8.45. The van der Waals surface area contributed by atoms with E-state index in [4.69, 9.17) is 9.84 Å². The largest absolute Gasteiger partial charge is 0.441 e. The number of aliphatic hydroxyl groups is 1. The minimum absolute atomic E-state index is 0.0252. The predicted molar refractivity (Wildman–Crippen MR) is 84.2 cm³/mol. The van der Waals surface area contributed by atoms with Crippen LogP contribution in [-0.4, -0.2) is 42.5 Å². The summed E-state index contributed by atoms with van der Waals surface area (Å²) in [5, 5.41) is 9.08. The van der Waals surface area contributed by atoms with Crippen LogP contribution in [0.15, 0.2) is 12.1 Å². The first-order chi connectivity index (χ1) is 11.6. The lowest BCUT2D eigenvalue weighted by molar-refractivity contribution is 0.0963. The number of nitrogens with zero attached hydrogens (tertiary/aromatic N) is 2. The molecule has 3 atom stereocenters. The molecule has 2 bridgehead atoms. The Kier molecular flexibility index (Phi) is 3.83. The molecule has 24 heavy (non-hydrogen) atoms. The monoisotopic (exact) mass is 338 g/mol. The minimum Gasteiger partial charge on any atom is -0.441 e. The number of amides is 1. The van der Waals surface area contributed by atoms with Crippen molar-refractivity contribution >= 4 is 17.5 Å². The van der Waals surface area contributed by atoms with Crippen LogP contribution in [0.25, 0.3) is 0 Å². The first kappa shape index (κ1) is 15.6. The van der Waals surface area contributed by atoms with E-state index in [1.54, 1.807) is 0 Å². The molecule has 0 radical (unpaired) electrons. The van der Waals surface area contributed by atoms with E-state index < -0.39 is 23.8 Å². The van der Waals surface area contributed by atoms with Gasteiger partial charge in [0.2, 0.25) is 0 Å². The Morgan fingerprint density at radius 2 is 1.75 bits per heavy atom. The Balaban J connectivity index is 1.66. The van der Waals surface area contributed by atoms with Crippen molar-refractivity contribution in [3.8, 4) is 0 Å². The summed E-state index contributed by atoms with van der Waals surface area (Å²) in [5.74, 6) is -1.30. The summed E-state index contributed by atoms with van der Waals surface area (Å²) in [4.78, 5) is 14.9. The Labute approximate surface area is 138 Å². The van der Waals surface area contributed by atoms with Crippen LogP contribution >= 0.6 is 0 Å². The normalized spacial score (nSPS) is 29.3. The van der Waals surface area contributed by atoms with Gasteiger partial charge in [0.25, 0.3) is 0 Å². The second-order valence-corrected chi connectivity index (χ2v) is 6.78. The highest BCUT2D eigenvalue weighted by molar-refractivity contribution is 5.90. The van der Waals surface area contributed by atoms with Crippen LogP contribution in [0, 0.1) is 11.6 Å². The Hall–Kier alpha value is -1.89. The molecule has 7 heteroatoms. The van der Waals surface area contributed by atoms with Crippen LogP contribution in [0.5, 0.6) is 0 Å². The SMILES string of the molecule is O=C1O[C@@H](CO)CN1c1cc(F)c(N2C3CCCC2CC3)c(F)c1. The zero-order chi connectivity index (χ0) is 16.8. The van der Waals surface area contributed by atoms with Crippen LogP contribution in [0.4, 0.5) is 25.0 Å². The van der Waals surface area contributed by atoms with E-state index in [1.165, 1.54) is 12.1 Å². The van der Waals surface area contributed by atoms with Crippen molar-refractivity contribution in [2.24, 2.45) is 0 Å². The van der Waals surface area contributed by atoms with Gasteiger partial charge in [0.15, 0.2) is 11.6 Å². The number of ether oxygens (including phenoxy) is 1. The molecule has 5 nitrogen and oxygen atoms in total. The lowest BCUT2D eigenvalue weighted by Gasteiger charge is -2.37. The molecule has 2 unspecified atom stereocenters. The first-order valence-corrected chi connectivity index (χ1v) is 8.45. The molecule has 0 aromatic heterocycles. The summed E-state index contributed by atoms with van der Waals surface area (Å²) >= 11 is 0. The maximum absolute atomic E-state index is 14.7. The van der Waals surface area contributed by atoms with E-state index >= 15 is 0 Å². The number of halogens is 2. The van der Waals surface area contributed by atoms with Crippen molar-refractivity contribution in [3.05, 3.63) is 23.8 Å². The standard InChI is InChI=1S/C17H20F2N2O3/c18-14-6-12(20-8-13(9-22)24-17(20)23)7-15(19)16(14)21-10-2-1-3-11(21)5-4-10/h6-7,10-11,13,22H,1-5,8-9H2/t10?,11?,13-/m1/s1. The summed E-state index contributed by atoms with van der Waals surface area (Å²) in [6.45, 7) is -0.231. The smallest absolute Gasteiger partial charge is 0.414 e. The summed E-state index contributed by atoms with van der Waals surface area (Å²) in [6, 6.07) is 2.78. The van der Waals surface area contributed by atoms with Gasteiger partial charge in [-0.2, -0.15) is 0 Å². The molecule has 3 fully saturated rings. The molecule has 0 aliphatic carbocycles. The third-order valence-corrected chi connectivity index (χ3v) is 5.34. The van der Waals surface area contributed by atoms with Crippen molar-refractivity contribution < 1.29 is 23.4 Å². The second-order valence-electron chi connectivity index (χ2n) is 6.78. The number of carbonyl (C=O) groups is 1. The molecule has 0 saturated carbocycles. The maximum Gasteiger partial charge on any atom is 0.414 e. The second kappa shape index (κ2) is 5.88. The average molecular weight is 338 g/mol. The van der Waals surface area contributed by atoms with Gasteiger partial charge < -0.3 is 14.7 Å². The van der Waals surface area contributed by atoms with E-state index in [9.17, 15) is 13.6 Å². The Morgan fingerprint density at radius 1 is 1.12 bits per heavy atom. The molecule has 3 aliphatic heterocycles. The predicted octanol–water partition coefficient (Wildman–Crippen LogP) is 2.80. The van der Waals surface area contributed by atoms with Crippen molar-refractivity contribution in [3.63, 3.8) is 0 Å². The van der Waals surface area contributed by atoms with E-state index in [0.29, 0.717) is 0 Å². The molecular formula is C17H20F2N2O3. The topological polar surface area (TPSA) is 53.0 Å². The molecule has 1 aromatic rings. The number of aliphatic hydroxyl groups excluding tert-OH is 1. The number of hydrogen-bond acceptors (Lipinski definition) is 4. The van der Waals surface area contributed by atoms with Gasteiger partial charge in [-0.1, -0.05) is 0 Å². The third-order valence-electron chi connectivity index (χ3n) is 5.34. The molecule has 4 rings (SSSR count). The lowest BCUT2D eigenvalue weighted by atomic mass is 10.0. The van der Waals surface area contributed by atoms with E-state index in [1.807, 2.05) is 4.90 Å². The fourth-order valence-corrected chi connectivity index (χ4v) is 4.26. The fourth-order valence-electron chi connectivity index (χ4n) is 4.26. The number of piperidine rings is 1. The highest BCUT2D eigenvalue weighted by Crippen LogP contribution is 2.42. The highest BCUT2D eigenvalue weighted by atomic mass is 19.1. The van der Waals surface area contributed by atoms with E-state index in [0.717, 1.165) is 37.0 Å². The number of hydrogen-bond donors (Lipinski definition) is 1. The van der Waals surface area contributed by atoms with Gasteiger partial charge in [-0.3, -0.25) is 4.90 Å². The molecule has 130 valence electrons. The number of anilines is 2. The van der Waals surface area contributed by atoms with Crippen LogP contribution in [-0.2, 0) is 4.74 Å². The van der Waals surface area contributed by atoms with Crippen LogP contribution in [0.3, 0.4) is 0 Å². The molecule has 3 aliphatic rings. The van der Waals surface area contributed by atoms with Gasteiger partial charge in [-0.15, -0.1) is 0 Å². The summed E-state index contributed by atoms with van der Waals surface area (Å²) < 4.78 is 34.4. The lowest BCUT2D eigenvalue weighted by Crippen LogP contribution is -2.41. The molecule has 0 spiro atoms. The number of fused-ring (bicyclic) bond motifs is 2. The van der Waals surface area contributed by atoms with Crippen molar-refractivity contribution in [1.82, 2.24) is 0 Å². The van der Waals surface area contributed by atoms with Gasteiger partial charge in [0.05, 0.1) is 18.8 Å². The summed E-state index contributed by atoms with van der Waals surface area (Å²) in [7, 11) is 0. The van der Waals surface area contributed by atoms with Crippen LogP contribution in [0.1, 0.15) is 32.1 Å². The molecule has 1 amide bonds.